The van der Waals surface area contributed by atoms with E-state index in [0.717, 1.165) is 11.1 Å². The van der Waals surface area contributed by atoms with E-state index < -0.39 is 10.0 Å². The second-order valence-corrected chi connectivity index (χ2v) is 6.49. The second-order valence-electron chi connectivity index (χ2n) is 4.65. The molecular formula is C13H21NO2S. The summed E-state index contributed by atoms with van der Waals surface area (Å²) in [7, 11) is -3.20. The Morgan fingerprint density at radius 1 is 1.29 bits per heavy atom. The quantitative estimate of drug-likeness (QED) is 0.877. The number of aryl methyl sites for hydroxylation is 1. The lowest BCUT2D eigenvalue weighted by atomic mass is 10.0. The fourth-order valence-electron chi connectivity index (χ4n) is 1.60. The molecule has 0 aliphatic rings. The monoisotopic (exact) mass is 255 g/mol. The number of hydrogen-bond donors (Lipinski definition) is 1. The minimum atomic E-state index is -3.20. The van der Waals surface area contributed by atoms with Crippen LogP contribution < -0.4 is 4.72 Å². The molecule has 1 rings (SSSR count). The van der Waals surface area contributed by atoms with Crippen molar-refractivity contribution in [2.45, 2.75) is 40.0 Å². The molecule has 0 atom stereocenters. The maximum Gasteiger partial charge on any atom is 0.232 e. The molecule has 0 spiro atoms. The third-order valence-corrected chi connectivity index (χ3v) is 4.14. The summed E-state index contributed by atoms with van der Waals surface area (Å²) in [6.07, 6.45) is 0.623. The average molecular weight is 255 g/mol. The van der Waals surface area contributed by atoms with Crippen molar-refractivity contribution in [2.24, 2.45) is 0 Å². The van der Waals surface area contributed by atoms with Gasteiger partial charge in [0, 0.05) is 0 Å². The van der Waals surface area contributed by atoms with Gasteiger partial charge < -0.3 is 0 Å². The van der Waals surface area contributed by atoms with Crippen LogP contribution in [0.4, 0.5) is 5.69 Å². The molecule has 0 aromatic heterocycles. The predicted molar refractivity (Wildman–Crippen MR) is 73.0 cm³/mol. The average Bonchev–Trinajstić information content (AvgIpc) is 2.20. The first-order chi connectivity index (χ1) is 7.85. The van der Waals surface area contributed by atoms with Gasteiger partial charge in [0.05, 0.1) is 11.4 Å². The zero-order valence-electron chi connectivity index (χ0n) is 10.9. The van der Waals surface area contributed by atoms with Crippen molar-refractivity contribution in [3.8, 4) is 0 Å². The van der Waals surface area contributed by atoms with E-state index in [1.165, 1.54) is 0 Å². The fraction of sp³-hybridized carbons (Fsp3) is 0.538. The molecule has 96 valence electrons. The Kier molecular flexibility index (Phi) is 4.57. The molecule has 1 aromatic rings. The highest BCUT2D eigenvalue weighted by atomic mass is 32.2. The third kappa shape index (κ3) is 4.04. The van der Waals surface area contributed by atoms with Gasteiger partial charge >= 0.3 is 0 Å². The Morgan fingerprint density at radius 3 is 2.47 bits per heavy atom. The van der Waals surface area contributed by atoms with Crippen LogP contribution in [0.25, 0.3) is 0 Å². The van der Waals surface area contributed by atoms with E-state index in [1.54, 1.807) is 0 Å². The van der Waals surface area contributed by atoms with Gasteiger partial charge in [-0.05, 0) is 36.5 Å². The lowest BCUT2D eigenvalue weighted by molar-refractivity contribution is 0.600. The van der Waals surface area contributed by atoms with Gasteiger partial charge in [-0.25, -0.2) is 8.42 Å². The Labute approximate surface area is 104 Å². The highest BCUT2D eigenvalue weighted by molar-refractivity contribution is 7.92. The number of hydrogen-bond acceptors (Lipinski definition) is 2. The Morgan fingerprint density at radius 2 is 1.94 bits per heavy atom. The second kappa shape index (κ2) is 5.54. The normalized spacial score (nSPS) is 11.8. The van der Waals surface area contributed by atoms with E-state index >= 15 is 0 Å². The zero-order valence-corrected chi connectivity index (χ0v) is 11.8. The maximum absolute atomic E-state index is 11.7. The van der Waals surface area contributed by atoms with Crippen molar-refractivity contribution >= 4 is 15.7 Å². The smallest absolute Gasteiger partial charge is 0.232 e. The van der Waals surface area contributed by atoms with Gasteiger partial charge in [-0.3, -0.25) is 4.72 Å². The summed E-state index contributed by atoms with van der Waals surface area (Å²) < 4.78 is 26.1. The van der Waals surface area contributed by atoms with Crippen LogP contribution in [0, 0.1) is 6.92 Å². The molecule has 0 saturated carbocycles. The van der Waals surface area contributed by atoms with E-state index in [2.05, 4.69) is 18.6 Å². The summed E-state index contributed by atoms with van der Waals surface area (Å²) in [6.45, 7) is 7.95. The first kappa shape index (κ1) is 14.0. The Hall–Kier alpha value is -1.03. The largest absolute Gasteiger partial charge is 0.283 e. The standard InChI is InChI=1S/C13H21NO2S/c1-5-8-17(15,16)14-13-9-12(10(2)3)7-6-11(13)4/h6-7,9-10,14H,5,8H2,1-4H3. The summed E-state index contributed by atoms with van der Waals surface area (Å²) >= 11 is 0. The third-order valence-electron chi connectivity index (χ3n) is 2.67. The zero-order chi connectivity index (χ0) is 13.1. The Bertz CT molecular complexity index is 478. The molecule has 0 saturated heterocycles. The fourth-order valence-corrected chi connectivity index (χ4v) is 2.79. The molecule has 0 heterocycles. The summed E-state index contributed by atoms with van der Waals surface area (Å²) in [5.74, 6) is 0.559. The van der Waals surface area contributed by atoms with Crippen molar-refractivity contribution in [3.63, 3.8) is 0 Å². The van der Waals surface area contributed by atoms with Crippen molar-refractivity contribution < 1.29 is 8.42 Å². The first-order valence-corrected chi connectivity index (χ1v) is 7.62. The summed E-state index contributed by atoms with van der Waals surface area (Å²) in [4.78, 5) is 0. The van der Waals surface area contributed by atoms with Gasteiger partial charge in [0.15, 0.2) is 0 Å². The molecule has 0 aliphatic carbocycles. The van der Waals surface area contributed by atoms with Crippen molar-refractivity contribution in [2.75, 3.05) is 10.5 Å². The minimum absolute atomic E-state index is 0.165. The van der Waals surface area contributed by atoms with Crippen LogP contribution >= 0.6 is 0 Å². The van der Waals surface area contributed by atoms with Crippen molar-refractivity contribution in [1.29, 1.82) is 0 Å². The van der Waals surface area contributed by atoms with Crippen LogP contribution in [0.3, 0.4) is 0 Å². The SMILES string of the molecule is CCCS(=O)(=O)Nc1cc(C(C)C)ccc1C. The molecule has 0 radical (unpaired) electrons. The van der Waals surface area contributed by atoms with E-state index in [1.807, 2.05) is 32.0 Å². The van der Waals surface area contributed by atoms with Gasteiger partial charge in [0.1, 0.15) is 0 Å². The molecule has 3 nitrogen and oxygen atoms in total. The maximum atomic E-state index is 11.7. The molecule has 0 fully saturated rings. The van der Waals surface area contributed by atoms with Crippen LogP contribution in [0.5, 0.6) is 0 Å². The van der Waals surface area contributed by atoms with Gasteiger partial charge in [0.25, 0.3) is 0 Å². The van der Waals surface area contributed by atoms with E-state index in [9.17, 15) is 8.42 Å². The van der Waals surface area contributed by atoms with Gasteiger partial charge in [0.2, 0.25) is 10.0 Å². The molecule has 0 bridgehead atoms. The number of rotatable bonds is 5. The number of sulfonamides is 1. The van der Waals surface area contributed by atoms with Crippen molar-refractivity contribution in [1.82, 2.24) is 0 Å². The summed E-state index contributed by atoms with van der Waals surface area (Å²) in [5.41, 5.74) is 2.79. The highest BCUT2D eigenvalue weighted by Gasteiger charge is 2.11. The minimum Gasteiger partial charge on any atom is -0.283 e. The first-order valence-electron chi connectivity index (χ1n) is 5.96. The number of benzene rings is 1. The van der Waals surface area contributed by atoms with Crippen LogP contribution in [-0.2, 0) is 10.0 Å². The predicted octanol–water partition coefficient (Wildman–Crippen LogP) is 3.27. The lowest BCUT2D eigenvalue weighted by Gasteiger charge is -2.13. The van der Waals surface area contributed by atoms with Gasteiger partial charge in [-0.15, -0.1) is 0 Å². The molecule has 17 heavy (non-hydrogen) atoms. The molecule has 4 heteroatoms. The Balaban J connectivity index is 3.02. The van der Waals surface area contributed by atoms with Crippen LogP contribution in [0.1, 0.15) is 44.2 Å². The molecule has 0 amide bonds. The number of anilines is 1. The van der Waals surface area contributed by atoms with E-state index in [0.29, 0.717) is 18.0 Å². The molecular weight excluding hydrogens is 234 g/mol. The van der Waals surface area contributed by atoms with Crippen molar-refractivity contribution in [3.05, 3.63) is 29.3 Å². The van der Waals surface area contributed by atoms with Crippen LogP contribution in [0.2, 0.25) is 0 Å². The number of nitrogens with one attached hydrogen (secondary N) is 1. The van der Waals surface area contributed by atoms with E-state index in [4.69, 9.17) is 0 Å². The molecule has 0 aliphatic heterocycles. The lowest BCUT2D eigenvalue weighted by Crippen LogP contribution is -2.17. The topological polar surface area (TPSA) is 46.2 Å². The molecule has 1 aromatic carbocycles. The summed E-state index contributed by atoms with van der Waals surface area (Å²) in [6, 6.07) is 5.92. The van der Waals surface area contributed by atoms with Crippen LogP contribution in [0.15, 0.2) is 18.2 Å². The van der Waals surface area contributed by atoms with Gasteiger partial charge in [-0.2, -0.15) is 0 Å². The van der Waals surface area contributed by atoms with Crippen LogP contribution in [-0.4, -0.2) is 14.2 Å². The van der Waals surface area contributed by atoms with Gasteiger partial charge in [-0.1, -0.05) is 32.9 Å². The summed E-state index contributed by atoms with van der Waals surface area (Å²) in [5, 5.41) is 0. The molecule has 1 N–H and O–H groups in total. The van der Waals surface area contributed by atoms with E-state index in [-0.39, 0.29) is 5.75 Å². The molecule has 0 unspecified atom stereocenters. The highest BCUT2D eigenvalue weighted by Crippen LogP contribution is 2.23.